The molecule has 1 heterocycles. The topological polar surface area (TPSA) is 66.0 Å². The highest BCUT2D eigenvalue weighted by Crippen LogP contribution is 2.32. The van der Waals surface area contributed by atoms with Gasteiger partial charge >= 0.3 is 0 Å². The fourth-order valence-corrected chi connectivity index (χ4v) is 2.45. The van der Waals surface area contributed by atoms with Crippen molar-refractivity contribution in [2.45, 2.75) is 33.0 Å². The van der Waals surface area contributed by atoms with Crippen molar-refractivity contribution in [2.75, 3.05) is 0 Å². The number of nitrogens with two attached hydrogens (primary N) is 1. The van der Waals surface area contributed by atoms with Crippen molar-refractivity contribution in [3.63, 3.8) is 0 Å². The first-order valence-electron chi connectivity index (χ1n) is 6.33. The van der Waals surface area contributed by atoms with Gasteiger partial charge in [-0.1, -0.05) is 30.1 Å². The molecule has 7 heteroatoms. The van der Waals surface area contributed by atoms with Crippen LogP contribution in [0.1, 0.15) is 24.7 Å². The van der Waals surface area contributed by atoms with Crippen molar-refractivity contribution < 1.29 is 4.74 Å². The van der Waals surface area contributed by atoms with E-state index < -0.39 is 0 Å². The van der Waals surface area contributed by atoms with Crippen molar-refractivity contribution in [1.29, 1.82) is 0 Å². The normalized spacial score (nSPS) is 10.8. The molecule has 0 aliphatic rings. The van der Waals surface area contributed by atoms with Crippen LogP contribution in [0.2, 0.25) is 10.0 Å². The maximum atomic E-state index is 6.15. The molecular formula is C13H16Cl2N4O. The van der Waals surface area contributed by atoms with Gasteiger partial charge in [0.25, 0.3) is 0 Å². The Kier molecular flexibility index (Phi) is 5.23. The van der Waals surface area contributed by atoms with Crippen LogP contribution in [0, 0.1) is 0 Å². The summed E-state index contributed by atoms with van der Waals surface area (Å²) in [4.78, 5) is 4.18. The van der Waals surface area contributed by atoms with E-state index in [1.165, 1.54) is 6.33 Å². The molecule has 2 rings (SSSR count). The first-order chi connectivity index (χ1) is 9.65. The molecule has 108 valence electrons. The first-order valence-corrected chi connectivity index (χ1v) is 7.08. The van der Waals surface area contributed by atoms with Gasteiger partial charge in [0.05, 0.1) is 5.02 Å². The molecular weight excluding hydrogens is 299 g/mol. The second-order valence-electron chi connectivity index (χ2n) is 4.27. The molecule has 0 unspecified atom stereocenters. The lowest BCUT2D eigenvalue weighted by atomic mass is 10.2. The molecule has 2 N–H and O–H groups in total. The lowest BCUT2D eigenvalue weighted by molar-refractivity contribution is 0.283. The van der Waals surface area contributed by atoms with Gasteiger partial charge in [-0.3, -0.25) is 0 Å². The summed E-state index contributed by atoms with van der Waals surface area (Å²) in [6, 6.07) is 3.38. The Bertz CT molecular complexity index is 586. The fraction of sp³-hybridized carbons (Fsp3) is 0.385. The van der Waals surface area contributed by atoms with Crippen LogP contribution in [0.25, 0.3) is 0 Å². The van der Waals surface area contributed by atoms with E-state index >= 15 is 0 Å². The summed E-state index contributed by atoms with van der Waals surface area (Å²) in [6.07, 6.45) is 2.49. The summed E-state index contributed by atoms with van der Waals surface area (Å²) < 4.78 is 7.56. The lowest BCUT2D eigenvalue weighted by Gasteiger charge is -2.13. The predicted octanol–water partition coefficient (Wildman–Crippen LogP) is 3.03. The van der Waals surface area contributed by atoms with Gasteiger partial charge in [0, 0.05) is 23.7 Å². The third-order valence-corrected chi connectivity index (χ3v) is 3.28. The van der Waals surface area contributed by atoms with Crippen LogP contribution in [-0.2, 0) is 19.7 Å². The van der Waals surface area contributed by atoms with E-state index in [-0.39, 0.29) is 6.61 Å². The monoisotopic (exact) mass is 314 g/mol. The molecule has 1 aromatic carbocycles. The lowest BCUT2D eigenvalue weighted by Crippen LogP contribution is -2.10. The van der Waals surface area contributed by atoms with Gasteiger partial charge in [0.2, 0.25) is 0 Å². The number of hydrogen-bond donors (Lipinski definition) is 1. The van der Waals surface area contributed by atoms with Crippen LogP contribution in [-0.4, -0.2) is 14.8 Å². The number of hydrogen-bond acceptors (Lipinski definition) is 4. The van der Waals surface area contributed by atoms with Gasteiger partial charge < -0.3 is 10.5 Å². The van der Waals surface area contributed by atoms with E-state index in [1.807, 2.05) is 4.68 Å². The molecule has 0 saturated carbocycles. The van der Waals surface area contributed by atoms with Gasteiger partial charge in [-0.25, -0.2) is 9.67 Å². The summed E-state index contributed by atoms with van der Waals surface area (Å²) in [7, 11) is 0. The molecule has 0 aliphatic heterocycles. The Morgan fingerprint density at radius 2 is 2.15 bits per heavy atom. The highest BCUT2D eigenvalue weighted by atomic mass is 35.5. The number of aromatic nitrogens is 3. The van der Waals surface area contributed by atoms with Crippen LogP contribution >= 0.6 is 23.2 Å². The van der Waals surface area contributed by atoms with Gasteiger partial charge in [0.1, 0.15) is 18.7 Å². The zero-order valence-corrected chi connectivity index (χ0v) is 12.7. The van der Waals surface area contributed by atoms with Gasteiger partial charge in [-0.15, -0.1) is 0 Å². The Morgan fingerprint density at radius 1 is 1.35 bits per heavy atom. The second kappa shape index (κ2) is 6.92. The second-order valence-corrected chi connectivity index (χ2v) is 5.11. The largest absolute Gasteiger partial charge is 0.484 e. The molecule has 0 aliphatic carbocycles. The summed E-state index contributed by atoms with van der Waals surface area (Å²) in [5.74, 6) is 1.30. The number of nitrogens with zero attached hydrogens (tertiary/aromatic N) is 3. The summed E-state index contributed by atoms with van der Waals surface area (Å²) >= 11 is 12.1. The third-order valence-electron chi connectivity index (χ3n) is 2.78. The number of ether oxygens (including phenoxy) is 1. The first kappa shape index (κ1) is 15.1. The Hall–Kier alpha value is -1.30. The van der Waals surface area contributed by atoms with E-state index in [9.17, 15) is 0 Å². The van der Waals surface area contributed by atoms with E-state index in [4.69, 9.17) is 33.7 Å². The van der Waals surface area contributed by atoms with Crippen LogP contribution in [0.15, 0.2) is 18.5 Å². The minimum absolute atomic E-state index is 0.286. The zero-order chi connectivity index (χ0) is 14.5. The van der Waals surface area contributed by atoms with Crippen molar-refractivity contribution in [3.8, 4) is 5.75 Å². The zero-order valence-electron chi connectivity index (χ0n) is 11.1. The van der Waals surface area contributed by atoms with E-state index in [0.29, 0.717) is 22.3 Å². The van der Waals surface area contributed by atoms with E-state index in [1.54, 1.807) is 12.1 Å². The van der Waals surface area contributed by atoms with Crippen LogP contribution in [0.3, 0.4) is 0 Å². The number of benzene rings is 1. The fourth-order valence-electron chi connectivity index (χ4n) is 1.86. The summed E-state index contributed by atoms with van der Waals surface area (Å²) in [5, 5.41) is 5.13. The van der Waals surface area contributed by atoms with E-state index in [2.05, 4.69) is 17.0 Å². The number of halogens is 2. The smallest absolute Gasteiger partial charge is 0.164 e. The summed E-state index contributed by atoms with van der Waals surface area (Å²) in [5.41, 5.74) is 6.45. The average Bonchev–Trinajstić information content (AvgIpc) is 2.85. The molecule has 0 atom stereocenters. The molecule has 0 saturated heterocycles. The Morgan fingerprint density at radius 3 is 2.85 bits per heavy atom. The van der Waals surface area contributed by atoms with Gasteiger partial charge in [-0.2, -0.15) is 5.10 Å². The molecule has 1 aromatic heterocycles. The predicted molar refractivity (Wildman–Crippen MR) is 79.0 cm³/mol. The van der Waals surface area contributed by atoms with Gasteiger partial charge in [0.15, 0.2) is 5.82 Å². The van der Waals surface area contributed by atoms with Crippen molar-refractivity contribution in [2.24, 2.45) is 5.73 Å². The molecule has 0 radical (unpaired) electrons. The quantitative estimate of drug-likeness (QED) is 0.890. The number of aryl methyl sites for hydroxylation is 1. The molecule has 0 amide bonds. The summed E-state index contributed by atoms with van der Waals surface area (Å²) in [6.45, 7) is 3.47. The Balaban J connectivity index is 2.16. The van der Waals surface area contributed by atoms with Crippen LogP contribution < -0.4 is 10.5 Å². The maximum Gasteiger partial charge on any atom is 0.164 e. The molecule has 0 spiro atoms. The SMILES string of the molecule is CCCn1ncnc1COc1c(Cl)cc(Cl)cc1CN. The third kappa shape index (κ3) is 3.42. The van der Waals surface area contributed by atoms with Crippen molar-refractivity contribution >= 4 is 23.2 Å². The standard InChI is InChI=1S/C13H16Cl2N4O/c1-2-3-19-12(17-8-18-19)7-20-13-9(6-16)4-10(14)5-11(13)15/h4-5,8H,2-3,6-7,16H2,1H3. The number of rotatable bonds is 6. The molecule has 2 aromatic rings. The van der Waals surface area contributed by atoms with Crippen LogP contribution in [0.4, 0.5) is 0 Å². The molecule has 0 bridgehead atoms. The molecule has 20 heavy (non-hydrogen) atoms. The van der Waals surface area contributed by atoms with Crippen molar-refractivity contribution in [3.05, 3.63) is 39.9 Å². The minimum Gasteiger partial charge on any atom is -0.484 e. The average molecular weight is 315 g/mol. The highest BCUT2D eigenvalue weighted by Gasteiger charge is 2.12. The van der Waals surface area contributed by atoms with Crippen molar-refractivity contribution in [1.82, 2.24) is 14.8 Å². The van der Waals surface area contributed by atoms with Crippen LogP contribution in [0.5, 0.6) is 5.75 Å². The van der Waals surface area contributed by atoms with Gasteiger partial charge in [-0.05, 0) is 18.6 Å². The maximum absolute atomic E-state index is 6.15. The molecule has 5 nitrogen and oxygen atoms in total. The minimum atomic E-state index is 0.286. The Labute approximate surface area is 127 Å². The van der Waals surface area contributed by atoms with E-state index in [0.717, 1.165) is 24.4 Å². The molecule has 0 fully saturated rings. The highest BCUT2D eigenvalue weighted by molar-refractivity contribution is 6.35.